The molecule has 0 aliphatic rings. The molecule has 0 saturated heterocycles. The number of halogens is 1. The molecule has 0 atom stereocenters. The van der Waals surface area contributed by atoms with Crippen LogP contribution in [0.15, 0.2) is 66.9 Å². The Morgan fingerprint density at radius 3 is 2.72 bits per heavy atom. The van der Waals surface area contributed by atoms with Crippen LogP contribution >= 0.6 is 0 Å². The first-order valence-corrected chi connectivity index (χ1v) is 12.6. The molecule has 11 heteroatoms. The van der Waals surface area contributed by atoms with Crippen LogP contribution in [0.2, 0.25) is 0 Å². The van der Waals surface area contributed by atoms with Crippen LogP contribution in [0.1, 0.15) is 15.9 Å². The summed E-state index contributed by atoms with van der Waals surface area (Å²) in [6.07, 6.45) is 2.63. The van der Waals surface area contributed by atoms with Crippen LogP contribution in [0, 0.1) is 17.1 Å². The van der Waals surface area contributed by atoms with Gasteiger partial charge in [-0.2, -0.15) is 5.26 Å². The van der Waals surface area contributed by atoms with Gasteiger partial charge in [-0.15, -0.1) is 0 Å². The summed E-state index contributed by atoms with van der Waals surface area (Å²) in [5.74, 6) is -0.619. The number of carbonyl (C=O) groups is 1. The Kier molecular flexibility index (Phi) is 7.19. The Morgan fingerprint density at radius 2 is 1.97 bits per heavy atom. The quantitative estimate of drug-likeness (QED) is 0.350. The third kappa shape index (κ3) is 5.99. The monoisotopic (exact) mass is 505 g/mol. The van der Waals surface area contributed by atoms with E-state index >= 15 is 0 Å². The van der Waals surface area contributed by atoms with Crippen LogP contribution in [-0.4, -0.2) is 43.7 Å². The second-order valence-electron chi connectivity index (χ2n) is 7.73. The highest BCUT2D eigenvalue weighted by Crippen LogP contribution is 2.32. The molecule has 0 aliphatic heterocycles. The van der Waals surface area contributed by atoms with E-state index in [-0.39, 0.29) is 30.0 Å². The summed E-state index contributed by atoms with van der Waals surface area (Å²) in [6, 6.07) is 17.6. The number of nitriles is 1. The van der Waals surface area contributed by atoms with Crippen molar-refractivity contribution in [2.75, 3.05) is 24.7 Å². The van der Waals surface area contributed by atoms with E-state index in [1.54, 1.807) is 48.7 Å². The summed E-state index contributed by atoms with van der Waals surface area (Å²) < 4.78 is 45.0. The Balaban J connectivity index is 1.62. The molecular weight excluding hydrogens is 485 g/mol. The minimum absolute atomic E-state index is 0.00949. The molecule has 2 heterocycles. The fourth-order valence-corrected chi connectivity index (χ4v) is 3.85. The molecule has 0 aliphatic carbocycles. The summed E-state index contributed by atoms with van der Waals surface area (Å²) in [6.45, 7) is -0.0494. The standard InChI is InChI=1S/C25H20FN5O4S/c1-36(33,34)29-11-12-35-22-14-18(6-8-20(22)17-4-5-19(15-27)21(26)13-17)25(32)31-23-9-7-16-3-2-10-28-24(16)30-23/h2-10,13-14,29H,11-12H2,1H3,(H,28,30,31,32). The van der Waals surface area contributed by atoms with Crippen LogP contribution in [0.3, 0.4) is 0 Å². The van der Waals surface area contributed by atoms with Gasteiger partial charge in [0.05, 0.1) is 11.8 Å². The third-order valence-corrected chi connectivity index (χ3v) is 5.80. The van der Waals surface area contributed by atoms with E-state index in [1.165, 1.54) is 18.2 Å². The number of hydrogen-bond acceptors (Lipinski definition) is 7. The van der Waals surface area contributed by atoms with Gasteiger partial charge in [-0.1, -0.05) is 6.07 Å². The van der Waals surface area contributed by atoms with E-state index in [4.69, 9.17) is 10.00 Å². The van der Waals surface area contributed by atoms with Crippen molar-refractivity contribution in [3.05, 3.63) is 83.8 Å². The first-order chi connectivity index (χ1) is 17.2. The van der Waals surface area contributed by atoms with Gasteiger partial charge in [0, 0.05) is 29.3 Å². The van der Waals surface area contributed by atoms with E-state index in [1.807, 2.05) is 6.07 Å². The lowest BCUT2D eigenvalue weighted by Gasteiger charge is -2.14. The Morgan fingerprint density at radius 1 is 1.14 bits per heavy atom. The molecule has 0 spiro atoms. The maximum atomic E-state index is 14.3. The number of nitrogens with zero attached hydrogens (tertiary/aromatic N) is 3. The number of sulfonamides is 1. The van der Waals surface area contributed by atoms with Gasteiger partial charge >= 0.3 is 0 Å². The van der Waals surface area contributed by atoms with Crippen LogP contribution < -0.4 is 14.8 Å². The summed E-state index contributed by atoms with van der Waals surface area (Å²) in [5, 5.41) is 12.5. The molecule has 36 heavy (non-hydrogen) atoms. The number of nitrogens with one attached hydrogen (secondary N) is 2. The number of anilines is 1. The van der Waals surface area contributed by atoms with Gasteiger partial charge in [0.2, 0.25) is 10.0 Å². The summed E-state index contributed by atoms with van der Waals surface area (Å²) >= 11 is 0. The zero-order valence-corrected chi connectivity index (χ0v) is 19.8. The molecule has 0 radical (unpaired) electrons. The summed E-state index contributed by atoms with van der Waals surface area (Å²) in [7, 11) is -3.41. The molecule has 4 aromatic rings. The fraction of sp³-hybridized carbons (Fsp3) is 0.120. The molecule has 2 N–H and O–H groups in total. The van der Waals surface area contributed by atoms with Gasteiger partial charge in [-0.05, 0) is 60.2 Å². The SMILES string of the molecule is CS(=O)(=O)NCCOc1cc(C(=O)Nc2ccc3cccnc3n2)ccc1-c1ccc(C#N)c(F)c1. The van der Waals surface area contributed by atoms with Crippen molar-refractivity contribution in [1.29, 1.82) is 5.26 Å². The van der Waals surface area contributed by atoms with E-state index in [0.29, 0.717) is 22.6 Å². The van der Waals surface area contributed by atoms with Crippen molar-refractivity contribution in [2.24, 2.45) is 0 Å². The van der Waals surface area contributed by atoms with Crippen molar-refractivity contribution >= 4 is 32.8 Å². The lowest BCUT2D eigenvalue weighted by molar-refractivity contribution is 0.102. The molecule has 4 rings (SSSR count). The second kappa shape index (κ2) is 10.5. The average Bonchev–Trinajstić information content (AvgIpc) is 2.86. The van der Waals surface area contributed by atoms with E-state index in [2.05, 4.69) is 20.0 Å². The topological polar surface area (TPSA) is 134 Å². The Bertz CT molecular complexity index is 1600. The smallest absolute Gasteiger partial charge is 0.256 e. The second-order valence-corrected chi connectivity index (χ2v) is 9.57. The van der Waals surface area contributed by atoms with E-state index in [9.17, 15) is 17.6 Å². The minimum atomic E-state index is -3.41. The Labute approximate surface area is 206 Å². The van der Waals surface area contributed by atoms with Crippen LogP contribution in [-0.2, 0) is 10.0 Å². The number of carbonyl (C=O) groups excluding carboxylic acids is 1. The van der Waals surface area contributed by atoms with Crippen molar-refractivity contribution in [3.63, 3.8) is 0 Å². The lowest BCUT2D eigenvalue weighted by atomic mass is 10.0. The average molecular weight is 506 g/mol. The van der Waals surface area contributed by atoms with Crippen LogP contribution in [0.5, 0.6) is 5.75 Å². The number of pyridine rings is 2. The molecule has 0 bridgehead atoms. The molecule has 0 fully saturated rings. The minimum Gasteiger partial charge on any atom is -0.492 e. The van der Waals surface area contributed by atoms with Crippen LogP contribution in [0.4, 0.5) is 10.2 Å². The van der Waals surface area contributed by atoms with Gasteiger partial charge < -0.3 is 10.1 Å². The van der Waals surface area contributed by atoms with Gasteiger partial charge in [-0.25, -0.2) is 27.5 Å². The van der Waals surface area contributed by atoms with Gasteiger partial charge in [0.15, 0.2) is 5.65 Å². The highest BCUT2D eigenvalue weighted by molar-refractivity contribution is 7.88. The maximum absolute atomic E-state index is 14.3. The summed E-state index contributed by atoms with van der Waals surface area (Å²) in [5.41, 5.74) is 1.50. The third-order valence-electron chi connectivity index (χ3n) is 5.07. The molecule has 0 saturated carbocycles. The fourth-order valence-electron chi connectivity index (χ4n) is 3.39. The number of rotatable bonds is 8. The Hall–Kier alpha value is -4.40. The van der Waals surface area contributed by atoms with Crippen molar-refractivity contribution in [3.8, 4) is 22.9 Å². The molecule has 9 nitrogen and oxygen atoms in total. The largest absolute Gasteiger partial charge is 0.492 e. The van der Waals surface area contributed by atoms with Crippen LogP contribution in [0.25, 0.3) is 22.2 Å². The molecular formula is C25H20FN5O4S. The van der Waals surface area contributed by atoms with E-state index in [0.717, 1.165) is 11.6 Å². The molecule has 182 valence electrons. The van der Waals surface area contributed by atoms with Gasteiger partial charge in [0.1, 0.15) is 30.1 Å². The first-order valence-electron chi connectivity index (χ1n) is 10.7. The highest BCUT2D eigenvalue weighted by Gasteiger charge is 2.15. The van der Waals surface area contributed by atoms with Crippen molar-refractivity contribution in [1.82, 2.24) is 14.7 Å². The number of benzene rings is 2. The predicted molar refractivity (Wildman–Crippen MR) is 132 cm³/mol. The normalized spacial score (nSPS) is 11.1. The number of fused-ring (bicyclic) bond motifs is 1. The first kappa shape index (κ1) is 24.7. The van der Waals surface area contributed by atoms with E-state index < -0.39 is 21.7 Å². The molecule has 0 unspecified atom stereocenters. The zero-order chi connectivity index (χ0) is 25.7. The molecule has 1 amide bonds. The number of ether oxygens (including phenoxy) is 1. The molecule has 2 aromatic carbocycles. The predicted octanol–water partition coefficient (Wildman–Crippen LogP) is 3.49. The maximum Gasteiger partial charge on any atom is 0.256 e. The van der Waals surface area contributed by atoms with Gasteiger partial charge in [-0.3, -0.25) is 4.79 Å². The number of amides is 1. The summed E-state index contributed by atoms with van der Waals surface area (Å²) in [4.78, 5) is 21.4. The number of hydrogen-bond donors (Lipinski definition) is 2. The van der Waals surface area contributed by atoms with Gasteiger partial charge in [0.25, 0.3) is 5.91 Å². The number of aromatic nitrogens is 2. The lowest BCUT2D eigenvalue weighted by Crippen LogP contribution is -2.27. The van der Waals surface area contributed by atoms with Crippen molar-refractivity contribution in [2.45, 2.75) is 0 Å². The highest BCUT2D eigenvalue weighted by atomic mass is 32.2. The zero-order valence-electron chi connectivity index (χ0n) is 19.0. The molecule has 2 aromatic heterocycles. The van der Waals surface area contributed by atoms with Crippen molar-refractivity contribution < 1.29 is 22.3 Å².